The SMILES string of the molecule is O=C(O)N1CC[SH2]CC1=O. The summed E-state index contributed by atoms with van der Waals surface area (Å²) in [6.45, 7) is 0.382. The fraction of sp³-hybridized carbons (Fsp3) is 0.600. The molecule has 1 rings (SSSR count). The molecular formula is C5H9NO3S. The minimum atomic E-state index is -1.12. The smallest absolute Gasteiger partial charge is 0.414 e. The molecule has 0 aromatic rings. The molecule has 0 spiro atoms. The van der Waals surface area contributed by atoms with Crippen LogP contribution in [-0.2, 0) is 4.79 Å². The zero-order chi connectivity index (χ0) is 7.56. The van der Waals surface area contributed by atoms with E-state index in [0.29, 0.717) is 24.1 Å². The second-order valence-electron chi connectivity index (χ2n) is 2.00. The molecule has 0 aliphatic carbocycles. The van der Waals surface area contributed by atoms with Gasteiger partial charge >= 0.3 is 6.09 Å². The number of imide groups is 1. The van der Waals surface area contributed by atoms with Crippen molar-refractivity contribution in [3.63, 3.8) is 0 Å². The highest BCUT2D eigenvalue weighted by molar-refractivity contribution is 8.00. The normalized spacial score (nSPS) is 23.2. The maximum atomic E-state index is 10.8. The van der Waals surface area contributed by atoms with Crippen molar-refractivity contribution < 1.29 is 14.7 Å². The van der Waals surface area contributed by atoms with Crippen LogP contribution >= 0.6 is 11.8 Å². The number of rotatable bonds is 0. The first-order valence-electron chi connectivity index (χ1n) is 2.96. The van der Waals surface area contributed by atoms with Crippen LogP contribution in [0.25, 0.3) is 0 Å². The van der Waals surface area contributed by atoms with Gasteiger partial charge in [-0.1, -0.05) is 0 Å². The van der Waals surface area contributed by atoms with Crippen LogP contribution in [-0.4, -0.2) is 40.1 Å². The van der Waals surface area contributed by atoms with Gasteiger partial charge in [-0.15, -0.1) is 0 Å². The molecule has 0 aromatic heterocycles. The van der Waals surface area contributed by atoms with E-state index >= 15 is 0 Å². The predicted octanol–water partition coefficient (Wildman–Crippen LogP) is -0.296. The quantitative estimate of drug-likeness (QED) is 0.533. The molecule has 1 heterocycles. The van der Waals surface area contributed by atoms with Gasteiger partial charge in [0.1, 0.15) is 0 Å². The van der Waals surface area contributed by atoms with Crippen molar-refractivity contribution in [1.82, 2.24) is 4.90 Å². The molecular weight excluding hydrogens is 154 g/mol. The van der Waals surface area contributed by atoms with Gasteiger partial charge in [0.05, 0.1) is 5.75 Å². The Morgan fingerprint density at radius 1 is 1.70 bits per heavy atom. The number of hydrogen-bond donors (Lipinski definition) is 1. The third kappa shape index (κ3) is 1.41. The molecule has 0 aromatic carbocycles. The molecule has 0 unspecified atom stereocenters. The highest BCUT2D eigenvalue weighted by Crippen LogP contribution is 2.09. The van der Waals surface area contributed by atoms with Crippen LogP contribution in [0.2, 0.25) is 0 Å². The van der Waals surface area contributed by atoms with Gasteiger partial charge in [0.15, 0.2) is 0 Å². The summed E-state index contributed by atoms with van der Waals surface area (Å²) >= 11 is 0.606. The van der Waals surface area contributed by atoms with E-state index < -0.39 is 6.09 Å². The highest BCUT2D eigenvalue weighted by atomic mass is 32.2. The summed E-state index contributed by atoms with van der Waals surface area (Å²) < 4.78 is 0. The molecule has 1 aliphatic rings. The third-order valence-corrected chi connectivity index (χ3v) is 2.45. The standard InChI is InChI=1S/C5H9NO3S/c7-4-3-10-2-1-6(4)5(8)9/h1-3,10H2,(H,8,9). The molecule has 0 radical (unpaired) electrons. The monoisotopic (exact) mass is 163 g/mol. The number of carboxylic acid groups (broad SMARTS) is 1. The van der Waals surface area contributed by atoms with Crippen LogP contribution in [0.3, 0.4) is 0 Å². The fourth-order valence-corrected chi connectivity index (χ4v) is 1.77. The summed E-state index contributed by atoms with van der Waals surface area (Å²) in [6, 6.07) is 0. The van der Waals surface area contributed by atoms with E-state index in [1.807, 2.05) is 0 Å². The van der Waals surface area contributed by atoms with Gasteiger partial charge in [0.25, 0.3) is 0 Å². The largest absolute Gasteiger partial charge is 0.465 e. The molecule has 1 aliphatic heterocycles. The lowest BCUT2D eigenvalue weighted by atomic mass is 10.5. The highest BCUT2D eigenvalue weighted by Gasteiger charge is 2.22. The molecule has 58 valence electrons. The second-order valence-corrected chi connectivity index (χ2v) is 3.36. The van der Waals surface area contributed by atoms with Crippen LogP contribution in [0.4, 0.5) is 4.79 Å². The summed E-state index contributed by atoms with van der Waals surface area (Å²) in [5.74, 6) is 0.988. The number of carbonyl (C=O) groups is 2. The lowest BCUT2D eigenvalue weighted by Crippen LogP contribution is -2.41. The average Bonchev–Trinajstić information content (AvgIpc) is 1.88. The maximum Gasteiger partial charge on any atom is 0.414 e. The van der Waals surface area contributed by atoms with Crippen LogP contribution in [0.1, 0.15) is 0 Å². The molecule has 1 fully saturated rings. The van der Waals surface area contributed by atoms with Crippen LogP contribution in [0.15, 0.2) is 0 Å². The molecule has 10 heavy (non-hydrogen) atoms. The lowest BCUT2D eigenvalue weighted by Gasteiger charge is -2.22. The minimum absolute atomic E-state index is 0.253. The first-order chi connectivity index (χ1) is 4.72. The van der Waals surface area contributed by atoms with Crippen molar-refractivity contribution in [2.45, 2.75) is 0 Å². The van der Waals surface area contributed by atoms with Crippen LogP contribution < -0.4 is 0 Å². The van der Waals surface area contributed by atoms with Crippen LogP contribution in [0.5, 0.6) is 0 Å². The van der Waals surface area contributed by atoms with Crippen molar-refractivity contribution in [3.05, 3.63) is 0 Å². The number of amides is 2. The van der Waals surface area contributed by atoms with Crippen molar-refractivity contribution >= 4 is 23.8 Å². The molecule has 0 saturated carbocycles. The summed E-state index contributed by atoms with van der Waals surface area (Å²) in [5.41, 5.74) is 0. The molecule has 1 N–H and O–H groups in total. The predicted molar refractivity (Wildman–Crippen MR) is 39.9 cm³/mol. The first-order valence-corrected chi connectivity index (χ1v) is 4.37. The van der Waals surface area contributed by atoms with E-state index in [1.54, 1.807) is 0 Å². The maximum absolute atomic E-state index is 10.8. The first kappa shape index (κ1) is 7.40. The number of hydrogen-bond acceptors (Lipinski definition) is 2. The number of carbonyl (C=O) groups excluding carboxylic acids is 1. The summed E-state index contributed by atoms with van der Waals surface area (Å²) in [6.07, 6.45) is -1.12. The van der Waals surface area contributed by atoms with Crippen molar-refractivity contribution in [3.8, 4) is 0 Å². The lowest BCUT2D eigenvalue weighted by molar-refractivity contribution is -0.126. The van der Waals surface area contributed by atoms with E-state index in [1.165, 1.54) is 0 Å². The Balaban J connectivity index is 2.56. The Bertz CT molecular complexity index is 170. The van der Waals surface area contributed by atoms with Gasteiger partial charge in [0, 0.05) is 6.54 Å². The van der Waals surface area contributed by atoms with Gasteiger partial charge in [-0.05, 0) is 5.75 Å². The molecule has 5 heteroatoms. The van der Waals surface area contributed by atoms with Crippen molar-refractivity contribution in [2.24, 2.45) is 0 Å². The zero-order valence-corrected chi connectivity index (χ0v) is 6.33. The summed E-state index contributed by atoms with van der Waals surface area (Å²) in [5, 5.41) is 8.42. The van der Waals surface area contributed by atoms with E-state index in [2.05, 4.69) is 0 Å². The van der Waals surface area contributed by atoms with Gasteiger partial charge in [-0.2, -0.15) is 0 Å². The Labute approximate surface area is 62.2 Å². The molecule has 4 nitrogen and oxygen atoms in total. The van der Waals surface area contributed by atoms with E-state index in [9.17, 15) is 9.59 Å². The topological polar surface area (TPSA) is 57.6 Å². The minimum Gasteiger partial charge on any atom is -0.465 e. The Morgan fingerprint density at radius 2 is 2.40 bits per heavy atom. The van der Waals surface area contributed by atoms with E-state index in [4.69, 9.17) is 5.11 Å². The van der Waals surface area contributed by atoms with Gasteiger partial charge in [0.2, 0.25) is 5.91 Å². The van der Waals surface area contributed by atoms with Crippen LogP contribution in [0, 0.1) is 0 Å². The van der Waals surface area contributed by atoms with Crippen molar-refractivity contribution in [1.29, 1.82) is 0 Å². The Kier molecular flexibility index (Phi) is 2.16. The number of nitrogens with zero attached hydrogens (tertiary/aromatic N) is 1. The molecule has 0 bridgehead atoms. The third-order valence-electron chi connectivity index (χ3n) is 1.32. The van der Waals surface area contributed by atoms with Gasteiger partial charge in [-0.25, -0.2) is 9.69 Å². The molecule has 2 amide bonds. The second kappa shape index (κ2) is 2.92. The van der Waals surface area contributed by atoms with E-state index in [-0.39, 0.29) is 5.91 Å². The Hall–Kier alpha value is -0.710. The van der Waals surface area contributed by atoms with Crippen molar-refractivity contribution in [2.75, 3.05) is 18.1 Å². The zero-order valence-electron chi connectivity index (χ0n) is 5.33. The average molecular weight is 163 g/mol. The summed E-state index contributed by atoms with van der Waals surface area (Å²) in [4.78, 5) is 21.9. The van der Waals surface area contributed by atoms with Gasteiger partial charge < -0.3 is 5.11 Å². The summed E-state index contributed by atoms with van der Waals surface area (Å²) in [7, 11) is 0. The molecule has 0 atom stereocenters. The molecule has 1 saturated heterocycles. The Morgan fingerprint density at radius 3 is 2.80 bits per heavy atom. The van der Waals surface area contributed by atoms with Gasteiger partial charge in [-0.3, -0.25) is 16.6 Å². The fourth-order valence-electron chi connectivity index (χ4n) is 0.809. The van der Waals surface area contributed by atoms with E-state index in [0.717, 1.165) is 10.7 Å².